The summed E-state index contributed by atoms with van der Waals surface area (Å²) in [7, 11) is 0. The molecule has 1 saturated carbocycles. The van der Waals surface area contributed by atoms with E-state index in [4.69, 9.17) is 11.6 Å². The molecule has 2 N–H and O–H groups in total. The molecule has 0 atom stereocenters. The summed E-state index contributed by atoms with van der Waals surface area (Å²) in [6.45, 7) is 0. The van der Waals surface area contributed by atoms with E-state index in [1.54, 1.807) is 12.1 Å². The maximum Gasteiger partial charge on any atom is 0.123 e. The SMILES string of the molecule is Oc1cc(/C=C/c2cccc(Cl)c2)cc(O)c1C1CCCCC1. The minimum Gasteiger partial charge on any atom is -0.507 e. The fourth-order valence-electron chi connectivity index (χ4n) is 3.35. The average Bonchev–Trinajstić information content (AvgIpc) is 2.53. The zero-order valence-corrected chi connectivity index (χ0v) is 13.8. The van der Waals surface area contributed by atoms with Gasteiger partial charge in [-0.15, -0.1) is 0 Å². The largest absolute Gasteiger partial charge is 0.507 e. The number of halogens is 1. The Morgan fingerprint density at radius 3 is 2.17 bits per heavy atom. The van der Waals surface area contributed by atoms with E-state index in [0.717, 1.165) is 24.0 Å². The van der Waals surface area contributed by atoms with Gasteiger partial charge in [0, 0.05) is 10.6 Å². The van der Waals surface area contributed by atoms with E-state index in [9.17, 15) is 10.2 Å². The summed E-state index contributed by atoms with van der Waals surface area (Å²) in [6, 6.07) is 11.0. The van der Waals surface area contributed by atoms with Crippen molar-refractivity contribution in [3.8, 4) is 11.5 Å². The molecule has 0 radical (unpaired) electrons. The monoisotopic (exact) mass is 328 g/mol. The summed E-state index contributed by atoms with van der Waals surface area (Å²) in [6.07, 6.45) is 9.45. The lowest BCUT2D eigenvalue weighted by Gasteiger charge is -2.23. The van der Waals surface area contributed by atoms with E-state index in [0.29, 0.717) is 10.6 Å². The van der Waals surface area contributed by atoms with Crippen molar-refractivity contribution in [1.29, 1.82) is 0 Å². The Morgan fingerprint density at radius 1 is 0.870 bits per heavy atom. The fraction of sp³-hybridized carbons (Fsp3) is 0.300. The van der Waals surface area contributed by atoms with Crippen LogP contribution in [0.2, 0.25) is 5.02 Å². The van der Waals surface area contributed by atoms with Gasteiger partial charge in [0.05, 0.1) is 0 Å². The second kappa shape index (κ2) is 7.10. The Hall–Kier alpha value is -1.93. The maximum atomic E-state index is 10.4. The number of benzene rings is 2. The first-order chi connectivity index (χ1) is 11.1. The lowest BCUT2D eigenvalue weighted by molar-refractivity contribution is 0.389. The average molecular weight is 329 g/mol. The summed E-state index contributed by atoms with van der Waals surface area (Å²) in [5, 5.41) is 21.4. The third-order valence-electron chi connectivity index (χ3n) is 4.49. The van der Waals surface area contributed by atoms with Crippen molar-refractivity contribution in [1.82, 2.24) is 0 Å². The molecule has 3 rings (SSSR count). The highest BCUT2D eigenvalue weighted by Crippen LogP contribution is 2.42. The van der Waals surface area contributed by atoms with Crippen LogP contribution in [0.4, 0.5) is 0 Å². The summed E-state index contributed by atoms with van der Waals surface area (Å²) in [5.41, 5.74) is 2.47. The second-order valence-corrected chi connectivity index (χ2v) is 6.63. The highest BCUT2D eigenvalue weighted by Gasteiger charge is 2.22. The van der Waals surface area contributed by atoms with Crippen LogP contribution >= 0.6 is 11.6 Å². The van der Waals surface area contributed by atoms with Gasteiger partial charge in [0.15, 0.2) is 0 Å². The fourth-order valence-corrected chi connectivity index (χ4v) is 3.55. The van der Waals surface area contributed by atoms with Crippen molar-refractivity contribution in [2.24, 2.45) is 0 Å². The van der Waals surface area contributed by atoms with Crippen LogP contribution in [0.1, 0.15) is 54.7 Å². The number of phenolic OH excluding ortho intramolecular Hbond substituents is 2. The minimum atomic E-state index is 0.197. The topological polar surface area (TPSA) is 40.5 Å². The number of phenols is 2. The van der Waals surface area contributed by atoms with Gasteiger partial charge in [-0.3, -0.25) is 0 Å². The molecule has 23 heavy (non-hydrogen) atoms. The van der Waals surface area contributed by atoms with Crippen LogP contribution in [0.3, 0.4) is 0 Å². The predicted octanol–water partition coefficient (Wildman–Crippen LogP) is 5.97. The summed E-state index contributed by atoms with van der Waals surface area (Å²) >= 11 is 5.97. The van der Waals surface area contributed by atoms with Gasteiger partial charge < -0.3 is 10.2 Å². The number of hydrogen-bond acceptors (Lipinski definition) is 2. The summed E-state index contributed by atoms with van der Waals surface area (Å²) in [5.74, 6) is 0.667. The molecule has 2 nitrogen and oxygen atoms in total. The van der Waals surface area contributed by atoms with Crippen molar-refractivity contribution in [3.63, 3.8) is 0 Å². The predicted molar refractivity (Wildman–Crippen MR) is 96.0 cm³/mol. The van der Waals surface area contributed by atoms with Gasteiger partial charge in [0.2, 0.25) is 0 Å². The molecule has 0 amide bonds. The molecule has 3 heteroatoms. The van der Waals surface area contributed by atoms with Crippen LogP contribution < -0.4 is 0 Å². The molecule has 2 aromatic carbocycles. The Balaban J connectivity index is 1.84. The molecule has 0 unspecified atom stereocenters. The van der Waals surface area contributed by atoms with Crippen LogP contribution in [0.15, 0.2) is 36.4 Å². The molecule has 0 heterocycles. The van der Waals surface area contributed by atoms with Crippen molar-refractivity contribution in [2.75, 3.05) is 0 Å². The third-order valence-corrected chi connectivity index (χ3v) is 4.72. The number of rotatable bonds is 3. The van der Waals surface area contributed by atoms with Crippen molar-refractivity contribution in [3.05, 3.63) is 58.1 Å². The lowest BCUT2D eigenvalue weighted by Crippen LogP contribution is -2.05. The molecule has 0 saturated heterocycles. The van der Waals surface area contributed by atoms with Crippen LogP contribution in [-0.4, -0.2) is 10.2 Å². The maximum absolute atomic E-state index is 10.4. The molecule has 0 spiro atoms. The molecular formula is C20H21ClO2. The lowest BCUT2D eigenvalue weighted by atomic mass is 9.83. The summed E-state index contributed by atoms with van der Waals surface area (Å²) in [4.78, 5) is 0. The van der Waals surface area contributed by atoms with Crippen LogP contribution in [0.5, 0.6) is 11.5 Å². The third kappa shape index (κ3) is 3.89. The Bertz CT molecular complexity index is 692. The smallest absolute Gasteiger partial charge is 0.123 e. The Kier molecular flexibility index (Phi) is 4.92. The Morgan fingerprint density at radius 2 is 1.52 bits per heavy atom. The van der Waals surface area contributed by atoms with Gasteiger partial charge in [-0.2, -0.15) is 0 Å². The van der Waals surface area contributed by atoms with E-state index in [2.05, 4.69) is 0 Å². The number of hydrogen-bond donors (Lipinski definition) is 2. The van der Waals surface area contributed by atoms with E-state index < -0.39 is 0 Å². The van der Waals surface area contributed by atoms with Crippen molar-refractivity contribution >= 4 is 23.8 Å². The van der Waals surface area contributed by atoms with Gasteiger partial charge >= 0.3 is 0 Å². The molecule has 1 aliphatic rings. The van der Waals surface area contributed by atoms with Crippen LogP contribution in [-0.2, 0) is 0 Å². The molecule has 1 aliphatic carbocycles. The molecular weight excluding hydrogens is 308 g/mol. The molecule has 0 bridgehead atoms. The van der Waals surface area contributed by atoms with Gasteiger partial charge in [0.25, 0.3) is 0 Å². The highest BCUT2D eigenvalue weighted by atomic mass is 35.5. The Labute approximate surface area is 142 Å². The van der Waals surface area contributed by atoms with Gasteiger partial charge in [-0.25, -0.2) is 0 Å². The van der Waals surface area contributed by atoms with E-state index in [1.165, 1.54) is 19.3 Å². The summed E-state index contributed by atoms with van der Waals surface area (Å²) < 4.78 is 0. The second-order valence-electron chi connectivity index (χ2n) is 6.20. The van der Waals surface area contributed by atoms with E-state index in [1.807, 2.05) is 36.4 Å². The molecule has 0 aliphatic heterocycles. The molecule has 120 valence electrons. The molecule has 1 fully saturated rings. The molecule has 2 aromatic rings. The quantitative estimate of drug-likeness (QED) is 0.681. The highest BCUT2D eigenvalue weighted by molar-refractivity contribution is 6.30. The van der Waals surface area contributed by atoms with E-state index >= 15 is 0 Å². The first-order valence-electron chi connectivity index (χ1n) is 8.13. The zero-order valence-electron chi connectivity index (χ0n) is 13.0. The molecule has 0 aromatic heterocycles. The first kappa shape index (κ1) is 15.9. The van der Waals surface area contributed by atoms with Gasteiger partial charge in [0.1, 0.15) is 11.5 Å². The normalized spacial score (nSPS) is 16.0. The standard InChI is InChI=1S/C20H21ClO2/c21-17-8-4-5-14(11-17)9-10-15-12-18(22)20(19(23)13-15)16-6-2-1-3-7-16/h4-5,8-13,16,22-23H,1-3,6-7H2/b10-9+. The van der Waals surface area contributed by atoms with Gasteiger partial charge in [-0.05, 0) is 54.2 Å². The first-order valence-corrected chi connectivity index (χ1v) is 8.51. The van der Waals surface area contributed by atoms with Crippen LogP contribution in [0.25, 0.3) is 12.2 Å². The van der Waals surface area contributed by atoms with E-state index in [-0.39, 0.29) is 17.4 Å². The van der Waals surface area contributed by atoms with Crippen LogP contribution in [0, 0.1) is 0 Å². The zero-order chi connectivity index (χ0) is 16.2. The van der Waals surface area contributed by atoms with Gasteiger partial charge in [-0.1, -0.05) is 55.1 Å². The van der Waals surface area contributed by atoms with Crippen molar-refractivity contribution < 1.29 is 10.2 Å². The van der Waals surface area contributed by atoms with Crippen molar-refractivity contribution in [2.45, 2.75) is 38.0 Å². The minimum absolute atomic E-state index is 0.197. The number of aromatic hydroxyl groups is 2.